The number of amides is 3. The predicted molar refractivity (Wildman–Crippen MR) is 67.0 cm³/mol. The van der Waals surface area contributed by atoms with Crippen molar-refractivity contribution in [2.75, 3.05) is 32.9 Å². The number of hydrogen-bond donors (Lipinski definition) is 3. The summed E-state index contributed by atoms with van der Waals surface area (Å²) in [4.78, 5) is 34.8. The van der Waals surface area contributed by atoms with Gasteiger partial charge in [-0.15, -0.1) is 0 Å². The lowest BCUT2D eigenvalue weighted by Crippen LogP contribution is -2.51. The molecule has 9 heteroatoms. The molecule has 0 aliphatic carbocycles. The van der Waals surface area contributed by atoms with Crippen molar-refractivity contribution >= 4 is 18.1 Å². The standard InChI is InChI=1S/C11H19N3O6/c1-2-14(8-6-19-5-7(8)9(15)16)11(18)13-3-4-20-10(12)17/h7-8H,2-6H2,1H3,(H2,12,17)(H,13,18)(H,15,16). The van der Waals surface area contributed by atoms with Crippen molar-refractivity contribution in [1.29, 1.82) is 0 Å². The van der Waals surface area contributed by atoms with Crippen LogP contribution in [0.5, 0.6) is 0 Å². The lowest BCUT2D eigenvalue weighted by molar-refractivity contribution is -0.142. The molecule has 1 aliphatic heterocycles. The normalized spacial score (nSPS) is 21.2. The van der Waals surface area contributed by atoms with Crippen LogP contribution < -0.4 is 11.1 Å². The van der Waals surface area contributed by atoms with Gasteiger partial charge in [-0.1, -0.05) is 0 Å². The zero-order valence-corrected chi connectivity index (χ0v) is 11.2. The van der Waals surface area contributed by atoms with Gasteiger partial charge in [-0.05, 0) is 6.92 Å². The van der Waals surface area contributed by atoms with Gasteiger partial charge in [-0.3, -0.25) is 4.79 Å². The number of nitrogens with one attached hydrogen (secondary N) is 1. The summed E-state index contributed by atoms with van der Waals surface area (Å²) >= 11 is 0. The van der Waals surface area contributed by atoms with E-state index >= 15 is 0 Å². The summed E-state index contributed by atoms with van der Waals surface area (Å²) in [5.74, 6) is -1.72. The van der Waals surface area contributed by atoms with E-state index in [2.05, 4.69) is 10.1 Å². The van der Waals surface area contributed by atoms with Crippen LogP contribution in [0.15, 0.2) is 0 Å². The Bertz CT molecular complexity index is 375. The van der Waals surface area contributed by atoms with Crippen LogP contribution >= 0.6 is 0 Å². The Balaban J connectivity index is 2.50. The summed E-state index contributed by atoms with van der Waals surface area (Å²) in [7, 11) is 0. The molecule has 114 valence electrons. The Hall–Kier alpha value is -2.03. The van der Waals surface area contributed by atoms with Crippen LogP contribution in [0.3, 0.4) is 0 Å². The Labute approximate surface area is 116 Å². The number of carboxylic acid groups (broad SMARTS) is 1. The van der Waals surface area contributed by atoms with Crippen molar-refractivity contribution in [3.8, 4) is 0 Å². The summed E-state index contributed by atoms with van der Waals surface area (Å²) in [5.41, 5.74) is 4.78. The van der Waals surface area contributed by atoms with E-state index < -0.39 is 30.1 Å². The molecule has 0 spiro atoms. The molecule has 1 aliphatic rings. The molecule has 0 radical (unpaired) electrons. The minimum absolute atomic E-state index is 0.0395. The fraction of sp³-hybridized carbons (Fsp3) is 0.727. The maximum atomic E-state index is 12.0. The minimum Gasteiger partial charge on any atom is -0.481 e. The van der Waals surface area contributed by atoms with Gasteiger partial charge in [0, 0.05) is 6.54 Å². The minimum atomic E-state index is -0.990. The molecule has 1 saturated heterocycles. The first kappa shape index (κ1) is 16.0. The molecular formula is C11H19N3O6. The van der Waals surface area contributed by atoms with Crippen LogP contribution in [-0.2, 0) is 14.3 Å². The molecule has 0 bridgehead atoms. The van der Waals surface area contributed by atoms with E-state index in [1.807, 2.05) is 0 Å². The molecule has 4 N–H and O–H groups in total. The quantitative estimate of drug-likeness (QED) is 0.549. The highest BCUT2D eigenvalue weighted by atomic mass is 16.5. The van der Waals surface area contributed by atoms with Crippen LogP contribution in [0.4, 0.5) is 9.59 Å². The molecule has 1 rings (SSSR count). The molecule has 1 fully saturated rings. The van der Waals surface area contributed by atoms with Crippen molar-refractivity contribution < 1.29 is 29.0 Å². The van der Waals surface area contributed by atoms with Gasteiger partial charge in [0.05, 0.1) is 25.8 Å². The van der Waals surface area contributed by atoms with Gasteiger partial charge in [0.1, 0.15) is 12.5 Å². The summed E-state index contributed by atoms with van der Waals surface area (Å²) in [5, 5.41) is 11.6. The van der Waals surface area contributed by atoms with E-state index in [0.717, 1.165) is 0 Å². The second-order valence-corrected chi connectivity index (χ2v) is 4.23. The lowest BCUT2D eigenvalue weighted by atomic mass is 10.0. The first-order chi connectivity index (χ1) is 9.47. The zero-order valence-electron chi connectivity index (χ0n) is 11.2. The summed E-state index contributed by atoms with van der Waals surface area (Å²) in [6.45, 7) is 2.44. The van der Waals surface area contributed by atoms with Crippen LogP contribution in [0, 0.1) is 5.92 Å². The Morgan fingerprint density at radius 3 is 2.70 bits per heavy atom. The molecule has 20 heavy (non-hydrogen) atoms. The Morgan fingerprint density at radius 1 is 1.45 bits per heavy atom. The molecule has 0 aromatic rings. The number of nitrogens with zero attached hydrogens (tertiary/aromatic N) is 1. The highest BCUT2D eigenvalue weighted by Gasteiger charge is 2.39. The molecule has 0 saturated carbocycles. The predicted octanol–water partition coefficient (Wildman–Crippen LogP) is -0.787. The number of carboxylic acids is 1. The fourth-order valence-electron chi connectivity index (χ4n) is 2.03. The highest BCUT2D eigenvalue weighted by Crippen LogP contribution is 2.20. The number of nitrogens with two attached hydrogens (primary N) is 1. The third kappa shape index (κ3) is 4.26. The Morgan fingerprint density at radius 2 is 2.15 bits per heavy atom. The number of aliphatic carboxylic acids is 1. The SMILES string of the molecule is CCN(C(=O)NCCOC(N)=O)C1COCC1C(=O)O. The van der Waals surface area contributed by atoms with Gasteiger partial charge in [0.2, 0.25) is 0 Å². The van der Waals surface area contributed by atoms with Gasteiger partial charge in [0.25, 0.3) is 0 Å². The van der Waals surface area contributed by atoms with E-state index in [4.69, 9.17) is 15.6 Å². The lowest BCUT2D eigenvalue weighted by Gasteiger charge is -2.29. The van der Waals surface area contributed by atoms with Crippen LogP contribution in [0.1, 0.15) is 6.92 Å². The van der Waals surface area contributed by atoms with Gasteiger partial charge in [-0.25, -0.2) is 9.59 Å². The third-order valence-corrected chi connectivity index (χ3v) is 2.99. The fourth-order valence-corrected chi connectivity index (χ4v) is 2.03. The first-order valence-corrected chi connectivity index (χ1v) is 6.24. The average molecular weight is 289 g/mol. The van der Waals surface area contributed by atoms with Gasteiger partial charge < -0.3 is 30.5 Å². The smallest absolute Gasteiger partial charge is 0.404 e. The van der Waals surface area contributed by atoms with Gasteiger partial charge in [0.15, 0.2) is 0 Å². The maximum Gasteiger partial charge on any atom is 0.404 e. The van der Waals surface area contributed by atoms with Crippen molar-refractivity contribution in [2.24, 2.45) is 11.7 Å². The van der Waals surface area contributed by atoms with Crippen molar-refractivity contribution in [2.45, 2.75) is 13.0 Å². The van der Waals surface area contributed by atoms with E-state index in [-0.39, 0.29) is 26.4 Å². The van der Waals surface area contributed by atoms with Gasteiger partial charge in [-0.2, -0.15) is 0 Å². The molecule has 1 heterocycles. The number of urea groups is 1. The molecule has 0 aromatic carbocycles. The average Bonchev–Trinajstić information content (AvgIpc) is 2.84. The highest BCUT2D eigenvalue weighted by molar-refractivity contribution is 5.77. The number of carbonyl (C=O) groups is 3. The number of hydrogen-bond acceptors (Lipinski definition) is 5. The molecule has 0 aromatic heterocycles. The molecular weight excluding hydrogens is 270 g/mol. The molecule has 9 nitrogen and oxygen atoms in total. The van der Waals surface area contributed by atoms with E-state index in [1.54, 1.807) is 6.92 Å². The van der Waals surface area contributed by atoms with E-state index in [1.165, 1.54) is 4.90 Å². The number of ether oxygens (including phenoxy) is 2. The van der Waals surface area contributed by atoms with Crippen LogP contribution in [-0.4, -0.2) is 67.1 Å². The number of primary amides is 1. The van der Waals surface area contributed by atoms with Crippen molar-refractivity contribution in [3.63, 3.8) is 0 Å². The van der Waals surface area contributed by atoms with Crippen molar-refractivity contribution in [1.82, 2.24) is 10.2 Å². The molecule has 2 atom stereocenters. The zero-order chi connectivity index (χ0) is 15.1. The monoisotopic (exact) mass is 289 g/mol. The van der Waals surface area contributed by atoms with Crippen LogP contribution in [0.25, 0.3) is 0 Å². The van der Waals surface area contributed by atoms with Gasteiger partial charge >= 0.3 is 18.1 Å². The molecule has 2 unspecified atom stereocenters. The number of carbonyl (C=O) groups excluding carboxylic acids is 2. The summed E-state index contributed by atoms with van der Waals surface area (Å²) in [6.07, 6.45) is -0.915. The molecule has 3 amide bonds. The largest absolute Gasteiger partial charge is 0.481 e. The van der Waals surface area contributed by atoms with Crippen LogP contribution in [0.2, 0.25) is 0 Å². The summed E-state index contributed by atoms with van der Waals surface area (Å²) < 4.78 is 9.61. The number of likely N-dealkylation sites (N-methyl/N-ethyl adjacent to an activating group) is 1. The Kier molecular flexibility index (Phi) is 6.04. The van der Waals surface area contributed by atoms with E-state index in [0.29, 0.717) is 6.54 Å². The first-order valence-electron chi connectivity index (χ1n) is 6.24. The number of rotatable bonds is 6. The summed E-state index contributed by atoms with van der Waals surface area (Å²) in [6, 6.07) is -0.933. The van der Waals surface area contributed by atoms with Crippen molar-refractivity contribution in [3.05, 3.63) is 0 Å². The second-order valence-electron chi connectivity index (χ2n) is 4.23. The van der Waals surface area contributed by atoms with E-state index in [9.17, 15) is 14.4 Å². The maximum absolute atomic E-state index is 12.0. The third-order valence-electron chi connectivity index (χ3n) is 2.99. The second kappa shape index (κ2) is 7.53. The topological polar surface area (TPSA) is 131 Å².